The molecule has 2 heteroatoms. The molecule has 5 rings (SSSR count). The van der Waals surface area contributed by atoms with Gasteiger partial charge in [-0.2, -0.15) is 0 Å². The summed E-state index contributed by atoms with van der Waals surface area (Å²) < 4.78 is 0. The van der Waals surface area contributed by atoms with Crippen LogP contribution in [-0.4, -0.2) is 49.1 Å². The summed E-state index contributed by atoms with van der Waals surface area (Å²) in [5.41, 5.74) is 11.5. The molecule has 0 unspecified atom stereocenters. The normalized spacial score (nSPS) is 15.5. The zero-order chi connectivity index (χ0) is 26.1. The Bertz CT molecular complexity index is 1320. The van der Waals surface area contributed by atoms with Crippen LogP contribution < -0.4 is 0 Å². The molecule has 1 fully saturated rings. The van der Waals surface area contributed by atoms with Crippen molar-refractivity contribution in [3.05, 3.63) is 93.0 Å². The highest BCUT2D eigenvalue weighted by molar-refractivity contribution is 5.89. The van der Waals surface area contributed by atoms with Crippen LogP contribution in [-0.2, 0) is 12.8 Å². The molecule has 37 heavy (non-hydrogen) atoms. The highest BCUT2D eigenvalue weighted by Crippen LogP contribution is 2.27. The molecule has 1 saturated heterocycles. The maximum Gasteiger partial charge on any atom is 0.0109 e. The Balaban J connectivity index is 1.16. The number of rotatable bonds is 6. The summed E-state index contributed by atoms with van der Waals surface area (Å²) in [5.74, 6) is 0. The van der Waals surface area contributed by atoms with Gasteiger partial charge in [-0.15, -0.1) is 0 Å². The summed E-state index contributed by atoms with van der Waals surface area (Å²) >= 11 is 0. The fourth-order valence-electron chi connectivity index (χ4n) is 6.14. The van der Waals surface area contributed by atoms with Crippen LogP contribution in [0.25, 0.3) is 21.5 Å². The number of benzene rings is 4. The number of fused-ring (bicyclic) bond motifs is 2. The lowest BCUT2D eigenvalue weighted by atomic mass is 9.94. The minimum absolute atomic E-state index is 1.14. The number of hydrogen-bond donors (Lipinski definition) is 0. The molecule has 194 valence electrons. The topological polar surface area (TPSA) is 6.48 Å². The van der Waals surface area contributed by atoms with E-state index in [2.05, 4.69) is 99.9 Å². The summed E-state index contributed by atoms with van der Waals surface area (Å²) in [7, 11) is 0. The van der Waals surface area contributed by atoms with E-state index in [-0.39, 0.29) is 0 Å². The highest BCUT2D eigenvalue weighted by Gasteiger charge is 2.15. The molecule has 1 aliphatic heterocycles. The molecule has 0 amide bonds. The molecule has 0 spiro atoms. The molecular weight excluding hydrogens is 448 g/mol. The Morgan fingerprint density at radius 3 is 1.38 bits per heavy atom. The average molecular weight is 493 g/mol. The predicted molar refractivity (Wildman–Crippen MR) is 161 cm³/mol. The molecular formula is C35H44N2. The molecule has 0 atom stereocenters. The molecule has 0 bridgehead atoms. The molecule has 4 aromatic rings. The molecule has 1 aliphatic rings. The Hall–Kier alpha value is -2.68. The van der Waals surface area contributed by atoms with E-state index in [1.165, 1.54) is 98.7 Å². The van der Waals surface area contributed by atoms with Crippen LogP contribution >= 0.6 is 0 Å². The summed E-state index contributed by atoms with van der Waals surface area (Å²) in [4.78, 5) is 5.36. The molecule has 0 saturated carbocycles. The van der Waals surface area contributed by atoms with Gasteiger partial charge in [-0.3, -0.25) is 0 Å². The molecule has 0 N–H and O–H groups in total. The quantitative estimate of drug-likeness (QED) is 0.273. The van der Waals surface area contributed by atoms with Crippen LogP contribution in [0.3, 0.4) is 0 Å². The molecule has 0 aromatic heterocycles. The minimum Gasteiger partial charge on any atom is -0.302 e. The van der Waals surface area contributed by atoms with E-state index < -0.39 is 0 Å². The van der Waals surface area contributed by atoms with E-state index in [4.69, 9.17) is 0 Å². The summed E-state index contributed by atoms with van der Waals surface area (Å²) in [5, 5.41) is 5.61. The largest absolute Gasteiger partial charge is 0.302 e. The van der Waals surface area contributed by atoms with E-state index in [9.17, 15) is 0 Å². The third-order valence-electron chi connectivity index (χ3n) is 9.21. The molecule has 2 nitrogen and oxygen atoms in total. The van der Waals surface area contributed by atoms with Gasteiger partial charge >= 0.3 is 0 Å². The second-order valence-corrected chi connectivity index (χ2v) is 11.5. The lowest BCUT2D eigenvalue weighted by molar-refractivity contribution is 0.260. The van der Waals surface area contributed by atoms with Crippen molar-refractivity contribution in [3.63, 3.8) is 0 Å². The maximum atomic E-state index is 2.68. The highest BCUT2D eigenvalue weighted by atomic mass is 15.2. The van der Waals surface area contributed by atoms with Gasteiger partial charge in [0, 0.05) is 26.2 Å². The Kier molecular flexibility index (Phi) is 7.70. The summed E-state index contributed by atoms with van der Waals surface area (Å²) in [6.45, 7) is 20.6. The molecule has 0 aliphatic carbocycles. The van der Waals surface area contributed by atoms with Crippen LogP contribution in [0.4, 0.5) is 0 Å². The first-order valence-corrected chi connectivity index (χ1v) is 14.2. The van der Waals surface area contributed by atoms with Crippen LogP contribution in [0.1, 0.15) is 50.9 Å². The number of aryl methyl sites for hydroxylation is 4. The summed E-state index contributed by atoms with van der Waals surface area (Å²) in [6.07, 6.45) is 3.54. The Morgan fingerprint density at radius 1 is 0.514 bits per heavy atom. The van der Waals surface area contributed by atoms with Gasteiger partial charge in [0.15, 0.2) is 0 Å². The molecule has 4 aromatic carbocycles. The second kappa shape index (κ2) is 11.0. The minimum atomic E-state index is 1.14. The van der Waals surface area contributed by atoms with Gasteiger partial charge in [-0.1, -0.05) is 48.5 Å². The van der Waals surface area contributed by atoms with Gasteiger partial charge in [0.25, 0.3) is 0 Å². The Morgan fingerprint density at radius 2 is 0.946 bits per heavy atom. The average Bonchev–Trinajstić information content (AvgIpc) is 3.14. The van der Waals surface area contributed by atoms with Crippen molar-refractivity contribution in [1.82, 2.24) is 9.80 Å². The zero-order valence-corrected chi connectivity index (χ0v) is 23.9. The maximum absolute atomic E-state index is 2.68. The van der Waals surface area contributed by atoms with Crippen LogP contribution in [0.2, 0.25) is 0 Å². The predicted octanol–water partition coefficient (Wildman–Crippen LogP) is 7.64. The van der Waals surface area contributed by atoms with E-state index in [1.807, 2.05) is 0 Å². The van der Waals surface area contributed by atoms with Gasteiger partial charge in [0.2, 0.25) is 0 Å². The van der Waals surface area contributed by atoms with Crippen LogP contribution in [0.15, 0.2) is 48.5 Å². The van der Waals surface area contributed by atoms with E-state index >= 15 is 0 Å². The smallest absolute Gasteiger partial charge is 0.0109 e. The van der Waals surface area contributed by atoms with Crippen molar-refractivity contribution in [1.29, 1.82) is 0 Å². The first kappa shape index (κ1) is 25.9. The monoisotopic (exact) mass is 492 g/mol. The number of hydrogen-bond acceptors (Lipinski definition) is 2. The van der Waals surface area contributed by atoms with Crippen molar-refractivity contribution in [2.45, 2.75) is 60.8 Å². The lowest BCUT2D eigenvalue weighted by Crippen LogP contribution is -2.33. The fourth-order valence-corrected chi connectivity index (χ4v) is 6.14. The third-order valence-corrected chi connectivity index (χ3v) is 9.21. The SMILES string of the molecule is Cc1cc2ccc(CCN3CCCN(CCc4ccc5cc(C)c(C)c(C)c5c4)CC3)cc2c(C)c1C. The zero-order valence-electron chi connectivity index (χ0n) is 23.9. The van der Waals surface area contributed by atoms with Gasteiger partial charge < -0.3 is 9.80 Å². The fraction of sp³-hybridized carbons (Fsp3) is 0.429. The first-order valence-electron chi connectivity index (χ1n) is 14.2. The number of nitrogens with zero attached hydrogens (tertiary/aromatic N) is 2. The van der Waals surface area contributed by atoms with Crippen LogP contribution in [0.5, 0.6) is 0 Å². The standard InChI is InChI=1S/C35H44N2/c1-24-20-32-10-8-30(22-34(32)28(5)26(24)3)12-16-36-14-7-15-37(19-18-36)17-13-31-9-11-33-21-25(2)27(4)29(6)35(33)23-31/h8-11,20-23H,7,12-19H2,1-6H3. The van der Waals surface area contributed by atoms with E-state index in [0.717, 1.165) is 25.9 Å². The van der Waals surface area contributed by atoms with Crippen LogP contribution in [0, 0.1) is 41.5 Å². The van der Waals surface area contributed by atoms with Gasteiger partial charge in [-0.05, 0) is 140 Å². The van der Waals surface area contributed by atoms with Gasteiger partial charge in [0.05, 0.1) is 0 Å². The lowest BCUT2D eigenvalue weighted by Gasteiger charge is -2.22. The van der Waals surface area contributed by atoms with Gasteiger partial charge in [-0.25, -0.2) is 0 Å². The van der Waals surface area contributed by atoms with E-state index in [1.54, 1.807) is 0 Å². The van der Waals surface area contributed by atoms with Crippen molar-refractivity contribution in [2.75, 3.05) is 39.3 Å². The summed E-state index contributed by atoms with van der Waals surface area (Å²) in [6, 6.07) is 18.9. The third kappa shape index (κ3) is 5.61. The molecule has 0 radical (unpaired) electrons. The van der Waals surface area contributed by atoms with Crippen molar-refractivity contribution in [2.24, 2.45) is 0 Å². The second-order valence-electron chi connectivity index (χ2n) is 11.5. The van der Waals surface area contributed by atoms with Gasteiger partial charge in [0.1, 0.15) is 0 Å². The molecule has 1 heterocycles. The first-order chi connectivity index (χ1) is 17.8. The van der Waals surface area contributed by atoms with Crippen molar-refractivity contribution < 1.29 is 0 Å². The Labute approximate surface area is 224 Å². The van der Waals surface area contributed by atoms with Crippen molar-refractivity contribution >= 4 is 21.5 Å². The van der Waals surface area contributed by atoms with E-state index in [0.29, 0.717) is 0 Å². The van der Waals surface area contributed by atoms with Crippen molar-refractivity contribution in [3.8, 4) is 0 Å².